The third-order valence-corrected chi connectivity index (χ3v) is 3.11. The van der Waals surface area contributed by atoms with E-state index in [-0.39, 0.29) is 0 Å². The lowest BCUT2D eigenvalue weighted by Crippen LogP contribution is -2.33. The van der Waals surface area contributed by atoms with Crippen molar-refractivity contribution in [1.82, 2.24) is 5.32 Å². The van der Waals surface area contributed by atoms with Crippen LogP contribution in [0.2, 0.25) is 0 Å². The van der Waals surface area contributed by atoms with Crippen molar-refractivity contribution in [3.63, 3.8) is 0 Å². The number of urea groups is 1. The first-order valence-electron chi connectivity index (χ1n) is 5.35. The van der Waals surface area contributed by atoms with Gasteiger partial charge in [-0.2, -0.15) is 5.26 Å². The first kappa shape index (κ1) is 12.8. The molecular weight excluding hydrogens is 262 g/mol. The Morgan fingerprint density at radius 2 is 1.89 bits per heavy atom. The van der Waals surface area contributed by atoms with Crippen molar-refractivity contribution in [3.8, 4) is 6.07 Å². The molecule has 3 amide bonds. The number of amides is 3. The van der Waals surface area contributed by atoms with Gasteiger partial charge in [-0.1, -0.05) is 6.07 Å². The van der Waals surface area contributed by atoms with Gasteiger partial charge >= 0.3 is 6.03 Å². The molecule has 0 aliphatic carbocycles. The average Bonchev–Trinajstić information content (AvgIpc) is 2.93. The highest BCUT2D eigenvalue weighted by molar-refractivity contribution is 7.12. The van der Waals surface area contributed by atoms with Gasteiger partial charge in [-0.15, -0.1) is 11.3 Å². The Morgan fingerprint density at radius 1 is 1.16 bits per heavy atom. The minimum Gasteiger partial charge on any atom is -0.308 e. The van der Waals surface area contributed by atoms with Crippen molar-refractivity contribution in [2.45, 2.75) is 0 Å². The summed E-state index contributed by atoms with van der Waals surface area (Å²) in [4.78, 5) is 23.6. The molecule has 5 nitrogen and oxygen atoms in total. The lowest BCUT2D eigenvalue weighted by atomic mass is 10.2. The van der Waals surface area contributed by atoms with Crippen LogP contribution in [0.25, 0.3) is 0 Å². The van der Waals surface area contributed by atoms with Crippen LogP contribution >= 0.6 is 11.3 Å². The topological polar surface area (TPSA) is 82.0 Å². The Hall–Kier alpha value is -2.65. The van der Waals surface area contributed by atoms with Gasteiger partial charge in [0.1, 0.15) is 0 Å². The Balaban J connectivity index is 1.94. The SMILES string of the molecule is N#Cc1ccc(NC(=O)NC(=O)c2cccs2)cc1. The quantitative estimate of drug-likeness (QED) is 0.880. The van der Waals surface area contributed by atoms with Gasteiger partial charge in [-0.3, -0.25) is 10.1 Å². The molecule has 2 aromatic rings. The molecule has 19 heavy (non-hydrogen) atoms. The minimum absolute atomic E-state index is 0.443. The number of thiophene rings is 1. The van der Waals surface area contributed by atoms with Crippen LogP contribution < -0.4 is 10.6 Å². The van der Waals surface area contributed by atoms with Gasteiger partial charge in [0.25, 0.3) is 5.91 Å². The van der Waals surface area contributed by atoms with E-state index in [9.17, 15) is 9.59 Å². The van der Waals surface area contributed by atoms with E-state index in [1.165, 1.54) is 11.3 Å². The van der Waals surface area contributed by atoms with Crippen LogP contribution in [-0.4, -0.2) is 11.9 Å². The Morgan fingerprint density at radius 3 is 2.47 bits per heavy atom. The van der Waals surface area contributed by atoms with Crippen molar-refractivity contribution in [2.75, 3.05) is 5.32 Å². The zero-order valence-corrected chi connectivity index (χ0v) is 10.5. The summed E-state index contributed by atoms with van der Waals surface area (Å²) in [6.07, 6.45) is 0. The summed E-state index contributed by atoms with van der Waals surface area (Å²) < 4.78 is 0. The van der Waals surface area contributed by atoms with Crippen LogP contribution in [-0.2, 0) is 0 Å². The van der Waals surface area contributed by atoms with Crippen LogP contribution in [0, 0.1) is 11.3 Å². The van der Waals surface area contributed by atoms with E-state index >= 15 is 0 Å². The molecule has 0 radical (unpaired) electrons. The number of nitrogens with one attached hydrogen (secondary N) is 2. The van der Waals surface area contributed by atoms with Crippen LogP contribution in [0.4, 0.5) is 10.5 Å². The molecule has 1 aromatic heterocycles. The fraction of sp³-hybridized carbons (Fsp3) is 0. The van der Waals surface area contributed by atoms with Gasteiger partial charge in [0.15, 0.2) is 0 Å². The number of rotatable bonds is 2. The van der Waals surface area contributed by atoms with Gasteiger partial charge in [0.2, 0.25) is 0 Å². The Bertz CT molecular complexity index is 627. The fourth-order valence-corrected chi connectivity index (χ4v) is 1.98. The number of anilines is 1. The van der Waals surface area contributed by atoms with E-state index in [1.807, 2.05) is 6.07 Å². The van der Waals surface area contributed by atoms with Crippen LogP contribution in [0.3, 0.4) is 0 Å². The number of hydrogen-bond donors (Lipinski definition) is 2. The van der Waals surface area contributed by atoms with Crippen molar-refractivity contribution in [3.05, 3.63) is 52.2 Å². The Labute approximate surface area is 113 Å². The smallest absolute Gasteiger partial charge is 0.308 e. The molecule has 0 saturated carbocycles. The third-order valence-electron chi connectivity index (χ3n) is 2.24. The summed E-state index contributed by atoms with van der Waals surface area (Å²) in [7, 11) is 0. The highest BCUT2D eigenvalue weighted by Crippen LogP contribution is 2.10. The molecule has 0 atom stereocenters. The van der Waals surface area contributed by atoms with Crippen molar-refractivity contribution >= 4 is 29.0 Å². The third kappa shape index (κ3) is 3.40. The molecule has 1 heterocycles. The number of nitrogens with zero attached hydrogens (tertiary/aromatic N) is 1. The largest absolute Gasteiger partial charge is 0.326 e. The number of imide groups is 1. The molecule has 6 heteroatoms. The lowest BCUT2D eigenvalue weighted by Gasteiger charge is -2.05. The van der Waals surface area contributed by atoms with Crippen molar-refractivity contribution in [2.24, 2.45) is 0 Å². The van der Waals surface area contributed by atoms with E-state index in [2.05, 4.69) is 10.6 Å². The van der Waals surface area contributed by atoms with Crippen molar-refractivity contribution < 1.29 is 9.59 Å². The molecular formula is C13H9N3O2S. The zero-order chi connectivity index (χ0) is 13.7. The molecule has 2 rings (SSSR count). The number of benzene rings is 1. The van der Waals surface area contributed by atoms with E-state index in [0.717, 1.165) is 0 Å². The van der Waals surface area contributed by atoms with Gasteiger partial charge in [-0.05, 0) is 35.7 Å². The highest BCUT2D eigenvalue weighted by atomic mass is 32.1. The molecule has 0 spiro atoms. The van der Waals surface area contributed by atoms with Gasteiger partial charge in [0.05, 0.1) is 16.5 Å². The lowest BCUT2D eigenvalue weighted by molar-refractivity contribution is 0.0971. The summed E-state index contributed by atoms with van der Waals surface area (Å²) in [6.45, 7) is 0. The van der Waals surface area contributed by atoms with E-state index < -0.39 is 11.9 Å². The summed E-state index contributed by atoms with van der Waals surface area (Å²) >= 11 is 1.26. The summed E-state index contributed by atoms with van der Waals surface area (Å²) in [5.74, 6) is -0.443. The minimum atomic E-state index is -0.608. The first-order chi connectivity index (χ1) is 9.19. The van der Waals surface area contributed by atoms with Crippen LogP contribution in [0.5, 0.6) is 0 Å². The molecule has 0 saturated heterocycles. The highest BCUT2D eigenvalue weighted by Gasteiger charge is 2.10. The maximum absolute atomic E-state index is 11.6. The molecule has 1 aromatic carbocycles. The van der Waals surface area contributed by atoms with E-state index in [0.29, 0.717) is 16.1 Å². The predicted molar refractivity (Wildman–Crippen MR) is 72.0 cm³/mol. The summed E-state index contributed by atoms with van der Waals surface area (Å²) in [5.41, 5.74) is 1.01. The van der Waals surface area contributed by atoms with E-state index in [4.69, 9.17) is 5.26 Å². The number of hydrogen-bond acceptors (Lipinski definition) is 4. The second-order valence-electron chi connectivity index (χ2n) is 3.57. The zero-order valence-electron chi connectivity index (χ0n) is 9.71. The number of carbonyl (C=O) groups is 2. The monoisotopic (exact) mass is 271 g/mol. The summed E-state index contributed by atoms with van der Waals surface area (Å²) in [5, 5.41) is 15.1. The average molecular weight is 271 g/mol. The molecule has 0 bridgehead atoms. The van der Waals surface area contributed by atoms with Crippen LogP contribution in [0.15, 0.2) is 41.8 Å². The van der Waals surface area contributed by atoms with E-state index in [1.54, 1.807) is 41.8 Å². The van der Waals surface area contributed by atoms with Crippen LogP contribution in [0.1, 0.15) is 15.2 Å². The van der Waals surface area contributed by atoms with Gasteiger partial charge in [0, 0.05) is 5.69 Å². The molecule has 0 aliphatic rings. The number of nitriles is 1. The van der Waals surface area contributed by atoms with Crippen molar-refractivity contribution in [1.29, 1.82) is 5.26 Å². The van der Waals surface area contributed by atoms with Gasteiger partial charge in [-0.25, -0.2) is 4.79 Å². The molecule has 0 fully saturated rings. The molecule has 2 N–H and O–H groups in total. The maximum Gasteiger partial charge on any atom is 0.326 e. The second kappa shape index (κ2) is 5.80. The molecule has 0 unspecified atom stereocenters. The normalized spacial score (nSPS) is 9.42. The standard InChI is InChI=1S/C13H9N3O2S/c14-8-9-3-5-10(6-4-9)15-13(18)16-12(17)11-2-1-7-19-11/h1-7H,(H2,15,16,17,18). The molecule has 94 valence electrons. The second-order valence-corrected chi connectivity index (χ2v) is 4.52. The number of carbonyl (C=O) groups excluding carboxylic acids is 2. The predicted octanol–water partition coefficient (Wildman–Crippen LogP) is 2.58. The summed E-state index contributed by atoms with van der Waals surface area (Å²) in [6, 6.07) is 11.1. The van der Waals surface area contributed by atoms with Gasteiger partial charge < -0.3 is 5.32 Å². The fourth-order valence-electron chi connectivity index (χ4n) is 1.36. The Kier molecular flexibility index (Phi) is 3.90. The molecule has 0 aliphatic heterocycles. The maximum atomic E-state index is 11.6. The first-order valence-corrected chi connectivity index (χ1v) is 6.23.